The van der Waals surface area contributed by atoms with Gasteiger partial charge in [-0.15, -0.1) is 0 Å². The third-order valence-corrected chi connectivity index (χ3v) is 2.82. The summed E-state index contributed by atoms with van der Waals surface area (Å²) in [7, 11) is 0. The number of rotatable bonds is 1. The topological polar surface area (TPSA) is 0 Å². The van der Waals surface area contributed by atoms with Gasteiger partial charge in [-0.3, -0.25) is 0 Å². The number of benzene rings is 1. The molecule has 64 valence electrons. The van der Waals surface area contributed by atoms with E-state index in [9.17, 15) is 0 Å². The minimum absolute atomic E-state index is 1.17. The lowest BCUT2D eigenvalue weighted by Crippen LogP contribution is -2.02. The van der Waals surface area contributed by atoms with Crippen molar-refractivity contribution in [1.82, 2.24) is 0 Å². The van der Waals surface area contributed by atoms with Crippen LogP contribution >= 0.6 is 0 Å². The highest BCUT2D eigenvalue weighted by atomic mass is 14.1. The van der Waals surface area contributed by atoms with E-state index >= 15 is 0 Å². The molecule has 0 heterocycles. The van der Waals surface area contributed by atoms with Crippen molar-refractivity contribution in [2.45, 2.75) is 39.0 Å². The van der Waals surface area contributed by atoms with Crippen molar-refractivity contribution >= 4 is 0 Å². The third-order valence-electron chi connectivity index (χ3n) is 2.82. The third kappa shape index (κ3) is 1.38. The van der Waals surface area contributed by atoms with Gasteiger partial charge in [0.25, 0.3) is 0 Å². The van der Waals surface area contributed by atoms with Crippen LogP contribution in [-0.4, -0.2) is 0 Å². The largest absolute Gasteiger partial charge is 0.0613 e. The first-order valence-corrected chi connectivity index (χ1v) is 5.01. The van der Waals surface area contributed by atoms with Crippen LogP contribution in [0, 0.1) is 0 Å². The van der Waals surface area contributed by atoms with Gasteiger partial charge in [-0.25, -0.2) is 0 Å². The normalized spacial score (nSPS) is 15.8. The van der Waals surface area contributed by atoms with E-state index in [0.29, 0.717) is 0 Å². The summed E-state index contributed by atoms with van der Waals surface area (Å²) < 4.78 is 0. The Hall–Kier alpha value is -0.780. The Kier molecular flexibility index (Phi) is 2.16. The average molecular weight is 160 g/mol. The maximum absolute atomic E-state index is 2.40. The Balaban J connectivity index is 2.36. The van der Waals surface area contributed by atoms with Gasteiger partial charge >= 0.3 is 0 Å². The van der Waals surface area contributed by atoms with Crippen molar-refractivity contribution < 1.29 is 0 Å². The summed E-state index contributed by atoms with van der Waals surface area (Å²) in [6.45, 7) is 2.23. The molecule has 0 spiro atoms. The second kappa shape index (κ2) is 3.30. The van der Waals surface area contributed by atoms with E-state index in [4.69, 9.17) is 0 Å². The molecule has 0 bridgehead atoms. The molecule has 1 aromatic carbocycles. The van der Waals surface area contributed by atoms with E-state index in [-0.39, 0.29) is 0 Å². The first kappa shape index (κ1) is 7.85. The Morgan fingerprint density at radius 3 is 2.58 bits per heavy atom. The van der Waals surface area contributed by atoms with Crippen molar-refractivity contribution in [2.24, 2.45) is 0 Å². The van der Waals surface area contributed by atoms with Crippen molar-refractivity contribution in [1.29, 1.82) is 0 Å². The van der Waals surface area contributed by atoms with Gasteiger partial charge in [0.1, 0.15) is 0 Å². The zero-order valence-corrected chi connectivity index (χ0v) is 7.77. The van der Waals surface area contributed by atoms with Crippen LogP contribution in [0.15, 0.2) is 18.2 Å². The second-order valence-electron chi connectivity index (χ2n) is 3.66. The average Bonchev–Trinajstić information content (AvgIpc) is 2.17. The number of hydrogen-bond acceptors (Lipinski definition) is 0. The van der Waals surface area contributed by atoms with E-state index in [2.05, 4.69) is 25.1 Å². The molecular formula is C12H16. The predicted octanol–water partition coefficient (Wildman–Crippen LogP) is 3.13. The van der Waals surface area contributed by atoms with E-state index in [0.717, 1.165) is 0 Å². The van der Waals surface area contributed by atoms with Crippen LogP contribution in [0.2, 0.25) is 0 Å². The molecule has 0 aromatic heterocycles. The minimum Gasteiger partial charge on any atom is -0.0613 e. The zero-order chi connectivity index (χ0) is 8.39. The molecule has 0 amide bonds. The highest BCUT2D eigenvalue weighted by Crippen LogP contribution is 2.22. The van der Waals surface area contributed by atoms with Crippen LogP contribution in [0.5, 0.6) is 0 Å². The lowest BCUT2D eigenvalue weighted by Gasteiger charge is -2.15. The van der Waals surface area contributed by atoms with Crippen molar-refractivity contribution in [3.05, 3.63) is 34.9 Å². The minimum atomic E-state index is 1.17. The summed E-state index contributed by atoms with van der Waals surface area (Å²) in [5, 5.41) is 0. The van der Waals surface area contributed by atoms with Crippen LogP contribution in [0.25, 0.3) is 0 Å². The molecule has 0 heteroatoms. The number of hydrogen-bond donors (Lipinski definition) is 0. The lowest BCUT2D eigenvalue weighted by molar-refractivity contribution is 0.684. The van der Waals surface area contributed by atoms with Gasteiger partial charge in [0.2, 0.25) is 0 Å². The van der Waals surface area contributed by atoms with Crippen LogP contribution in [0.4, 0.5) is 0 Å². The second-order valence-corrected chi connectivity index (χ2v) is 3.66. The molecule has 0 nitrogen and oxygen atoms in total. The van der Waals surface area contributed by atoms with E-state index in [1.165, 1.54) is 37.7 Å². The fraction of sp³-hybridized carbons (Fsp3) is 0.500. The summed E-state index contributed by atoms with van der Waals surface area (Å²) in [6.07, 6.45) is 6.56. The molecule has 12 heavy (non-hydrogen) atoms. The summed E-state index contributed by atoms with van der Waals surface area (Å²) in [4.78, 5) is 0. The molecule has 1 aliphatic rings. The van der Waals surface area contributed by atoms with Gasteiger partial charge < -0.3 is 0 Å². The van der Waals surface area contributed by atoms with Crippen LogP contribution in [0.1, 0.15) is 36.5 Å². The SMILES string of the molecule is CCc1ccc2c(c1)CCCC2. The van der Waals surface area contributed by atoms with Gasteiger partial charge in [0.15, 0.2) is 0 Å². The molecule has 0 radical (unpaired) electrons. The van der Waals surface area contributed by atoms with E-state index in [1.54, 1.807) is 11.1 Å². The van der Waals surface area contributed by atoms with Gasteiger partial charge in [0.05, 0.1) is 0 Å². The number of fused-ring (bicyclic) bond motifs is 1. The summed E-state index contributed by atoms with van der Waals surface area (Å²) >= 11 is 0. The predicted molar refractivity (Wildman–Crippen MR) is 52.5 cm³/mol. The monoisotopic (exact) mass is 160 g/mol. The molecule has 0 saturated carbocycles. The first-order valence-electron chi connectivity index (χ1n) is 5.01. The van der Waals surface area contributed by atoms with Gasteiger partial charge in [-0.2, -0.15) is 0 Å². The molecule has 0 atom stereocenters. The standard InChI is InChI=1S/C12H16/c1-2-10-7-8-11-5-3-4-6-12(11)9-10/h7-9H,2-6H2,1H3. The van der Waals surface area contributed by atoms with Crippen LogP contribution in [0.3, 0.4) is 0 Å². The molecule has 0 aliphatic heterocycles. The zero-order valence-electron chi connectivity index (χ0n) is 7.77. The summed E-state index contributed by atoms with van der Waals surface area (Å²) in [5.41, 5.74) is 4.70. The van der Waals surface area contributed by atoms with Gasteiger partial charge in [-0.1, -0.05) is 25.1 Å². The Labute approximate surface area is 74.6 Å². The molecule has 1 aromatic rings. The highest BCUT2D eigenvalue weighted by molar-refractivity contribution is 5.33. The smallest absolute Gasteiger partial charge is 0.0276 e. The number of aryl methyl sites for hydroxylation is 3. The molecule has 0 unspecified atom stereocenters. The van der Waals surface area contributed by atoms with Gasteiger partial charge in [0, 0.05) is 0 Å². The van der Waals surface area contributed by atoms with Crippen LogP contribution < -0.4 is 0 Å². The first-order chi connectivity index (χ1) is 5.90. The van der Waals surface area contributed by atoms with Crippen molar-refractivity contribution in [3.8, 4) is 0 Å². The maximum atomic E-state index is 2.40. The van der Waals surface area contributed by atoms with E-state index < -0.39 is 0 Å². The van der Waals surface area contributed by atoms with Crippen LogP contribution in [-0.2, 0) is 19.3 Å². The summed E-state index contributed by atoms with van der Waals surface area (Å²) in [6, 6.07) is 7.01. The highest BCUT2D eigenvalue weighted by Gasteiger charge is 2.08. The Bertz CT molecular complexity index is 273. The van der Waals surface area contributed by atoms with Crippen molar-refractivity contribution in [3.63, 3.8) is 0 Å². The molecule has 0 fully saturated rings. The fourth-order valence-corrected chi connectivity index (χ4v) is 2.01. The summed E-state index contributed by atoms with van der Waals surface area (Å²) in [5.74, 6) is 0. The fourth-order valence-electron chi connectivity index (χ4n) is 2.01. The van der Waals surface area contributed by atoms with Crippen molar-refractivity contribution in [2.75, 3.05) is 0 Å². The molecule has 0 saturated heterocycles. The Morgan fingerprint density at radius 2 is 1.83 bits per heavy atom. The molecule has 0 N–H and O–H groups in total. The van der Waals surface area contributed by atoms with Gasteiger partial charge in [-0.05, 0) is 48.8 Å². The quantitative estimate of drug-likeness (QED) is 0.592. The lowest BCUT2D eigenvalue weighted by atomic mass is 9.90. The maximum Gasteiger partial charge on any atom is -0.0276 e. The van der Waals surface area contributed by atoms with E-state index in [1.807, 2.05) is 0 Å². The molecule has 1 aliphatic carbocycles. The molecule has 2 rings (SSSR count). The molecular weight excluding hydrogens is 144 g/mol. The Morgan fingerprint density at radius 1 is 1.08 bits per heavy atom.